The number of nitrogens with zero attached hydrogens (tertiary/aromatic N) is 2. The van der Waals surface area contributed by atoms with Gasteiger partial charge in [0.1, 0.15) is 5.75 Å². The molecular formula is C24H27N3O2. The van der Waals surface area contributed by atoms with E-state index in [-0.39, 0.29) is 12.3 Å². The van der Waals surface area contributed by atoms with Gasteiger partial charge in [-0.3, -0.25) is 4.79 Å². The third-order valence-electron chi connectivity index (χ3n) is 4.72. The molecule has 1 heterocycles. The highest BCUT2D eigenvalue weighted by atomic mass is 16.5. The fourth-order valence-corrected chi connectivity index (χ4v) is 3.35. The van der Waals surface area contributed by atoms with Crippen molar-refractivity contribution in [2.75, 3.05) is 6.61 Å². The van der Waals surface area contributed by atoms with Crippen molar-refractivity contribution in [1.82, 2.24) is 9.99 Å². The summed E-state index contributed by atoms with van der Waals surface area (Å²) in [6.45, 7) is 8.77. The molecule has 5 nitrogen and oxygen atoms in total. The molecule has 1 aromatic heterocycles. The molecule has 0 aliphatic rings. The molecule has 0 saturated heterocycles. The van der Waals surface area contributed by atoms with E-state index in [1.807, 2.05) is 31.2 Å². The zero-order chi connectivity index (χ0) is 20.8. The van der Waals surface area contributed by atoms with E-state index < -0.39 is 0 Å². The van der Waals surface area contributed by atoms with Crippen LogP contribution in [-0.2, 0) is 11.2 Å². The molecule has 0 unspecified atom stereocenters. The molecule has 0 bridgehead atoms. The van der Waals surface area contributed by atoms with E-state index in [1.165, 1.54) is 5.56 Å². The van der Waals surface area contributed by atoms with Gasteiger partial charge in [0, 0.05) is 22.6 Å². The Kier molecular flexibility index (Phi) is 6.50. The molecule has 0 aliphatic heterocycles. The second-order valence-corrected chi connectivity index (χ2v) is 7.05. The average Bonchev–Trinajstić information content (AvgIpc) is 2.97. The number of benzene rings is 2. The van der Waals surface area contributed by atoms with Gasteiger partial charge in [0.05, 0.1) is 19.2 Å². The minimum Gasteiger partial charge on any atom is -0.494 e. The van der Waals surface area contributed by atoms with Crippen molar-refractivity contribution in [2.45, 2.75) is 34.1 Å². The molecule has 3 rings (SSSR count). The molecular weight excluding hydrogens is 362 g/mol. The van der Waals surface area contributed by atoms with Crippen LogP contribution in [0.1, 0.15) is 35.0 Å². The first-order valence-corrected chi connectivity index (χ1v) is 9.77. The second kappa shape index (κ2) is 9.24. The summed E-state index contributed by atoms with van der Waals surface area (Å²) in [5.41, 5.74) is 9.05. The summed E-state index contributed by atoms with van der Waals surface area (Å²) in [5, 5.41) is 4.15. The maximum Gasteiger partial charge on any atom is 0.244 e. The van der Waals surface area contributed by atoms with Crippen LogP contribution in [-0.4, -0.2) is 23.3 Å². The Morgan fingerprint density at radius 1 is 1.10 bits per heavy atom. The van der Waals surface area contributed by atoms with Crippen LogP contribution < -0.4 is 10.2 Å². The van der Waals surface area contributed by atoms with Crippen LogP contribution in [0.15, 0.2) is 59.7 Å². The summed E-state index contributed by atoms with van der Waals surface area (Å²) >= 11 is 0. The minimum absolute atomic E-state index is 0.155. The van der Waals surface area contributed by atoms with Gasteiger partial charge in [-0.15, -0.1) is 0 Å². The monoisotopic (exact) mass is 389 g/mol. The largest absolute Gasteiger partial charge is 0.494 e. The highest BCUT2D eigenvalue weighted by Gasteiger charge is 2.10. The SMILES string of the molecule is CCOc1ccc(CC(=O)N/N=C\c2cc(C)n(-c3cccc(C)c3)c2C)cc1. The van der Waals surface area contributed by atoms with E-state index in [0.717, 1.165) is 34.0 Å². The van der Waals surface area contributed by atoms with E-state index in [2.05, 4.69) is 66.2 Å². The van der Waals surface area contributed by atoms with Gasteiger partial charge in [0.2, 0.25) is 5.91 Å². The molecule has 5 heteroatoms. The Bertz CT molecular complexity index is 1020. The fourth-order valence-electron chi connectivity index (χ4n) is 3.35. The van der Waals surface area contributed by atoms with Gasteiger partial charge in [-0.05, 0) is 69.2 Å². The van der Waals surface area contributed by atoms with Crippen molar-refractivity contribution < 1.29 is 9.53 Å². The maximum absolute atomic E-state index is 12.2. The number of carbonyl (C=O) groups excluding carboxylic acids is 1. The van der Waals surface area contributed by atoms with E-state index >= 15 is 0 Å². The normalized spacial score (nSPS) is 11.0. The number of hydrogen-bond acceptors (Lipinski definition) is 3. The van der Waals surface area contributed by atoms with Crippen LogP contribution in [0.3, 0.4) is 0 Å². The van der Waals surface area contributed by atoms with Crippen LogP contribution in [0.25, 0.3) is 5.69 Å². The smallest absolute Gasteiger partial charge is 0.244 e. The maximum atomic E-state index is 12.2. The van der Waals surface area contributed by atoms with E-state index in [9.17, 15) is 4.79 Å². The molecule has 0 atom stereocenters. The Morgan fingerprint density at radius 2 is 1.86 bits per heavy atom. The standard InChI is InChI=1S/C24H27N3O2/c1-5-29-23-11-9-20(10-12-23)15-24(28)26-25-16-21-14-18(3)27(19(21)4)22-8-6-7-17(2)13-22/h6-14,16H,5,15H2,1-4H3,(H,26,28)/b25-16-. The molecule has 1 amide bonds. The lowest BCUT2D eigenvalue weighted by Gasteiger charge is -2.10. The molecule has 3 aromatic rings. The molecule has 29 heavy (non-hydrogen) atoms. The molecule has 0 fully saturated rings. The molecule has 0 spiro atoms. The van der Waals surface area contributed by atoms with E-state index in [4.69, 9.17) is 4.74 Å². The lowest BCUT2D eigenvalue weighted by molar-refractivity contribution is -0.120. The number of rotatable bonds is 7. The third kappa shape index (κ3) is 5.13. The second-order valence-electron chi connectivity index (χ2n) is 7.05. The number of hydrogen-bond donors (Lipinski definition) is 1. The van der Waals surface area contributed by atoms with Crippen LogP contribution in [0, 0.1) is 20.8 Å². The highest BCUT2D eigenvalue weighted by Crippen LogP contribution is 2.20. The fraction of sp³-hybridized carbons (Fsp3) is 0.250. The van der Waals surface area contributed by atoms with Gasteiger partial charge in [0.15, 0.2) is 0 Å². The van der Waals surface area contributed by atoms with Crippen molar-refractivity contribution in [3.05, 3.63) is 82.7 Å². The van der Waals surface area contributed by atoms with Gasteiger partial charge in [-0.25, -0.2) is 5.43 Å². The Labute approximate surface area is 172 Å². The van der Waals surface area contributed by atoms with Gasteiger partial charge < -0.3 is 9.30 Å². The molecule has 2 aromatic carbocycles. The molecule has 1 N–H and O–H groups in total. The lowest BCUT2D eigenvalue weighted by atomic mass is 10.1. The summed E-state index contributed by atoms with van der Waals surface area (Å²) in [7, 11) is 0. The molecule has 0 saturated carbocycles. The number of ether oxygens (including phenoxy) is 1. The third-order valence-corrected chi connectivity index (χ3v) is 4.72. The first-order chi connectivity index (χ1) is 14.0. The van der Waals surface area contributed by atoms with Crippen LogP contribution in [0.2, 0.25) is 0 Å². The number of nitrogens with one attached hydrogen (secondary N) is 1. The number of amides is 1. The summed E-state index contributed by atoms with van der Waals surface area (Å²) in [4.78, 5) is 12.2. The Balaban J connectivity index is 1.64. The van der Waals surface area contributed by atoms with Gasteiger partial charge >= 0.3 is 0 Å². The Morgan fingerprint density at radius 3 is 2.55 bits per heavy atom. The summed E-state index contributed by atoms with van der Waals surface area (Å²) in [6, 6.07) is 18.0. The quantitative estimate of drug-likeness (QED) is 0.478. The van der Waals surface area contributed by atoms with Crippen molar-refractivity contribution in [3.8, 4) is 11.4 Å². The lowest BCUT2D eigenvalue weighted by Crippen LogP contribution is -2.19. The number of carbonyl (C=O) groups is 1. The Hall–Kier alpha value is -3.34. The predicted molar refractivity (Wildman–Crippen MR) is 117 cm³/mol. The number of hydrazone groups is 1. The summed E-state index contributed by atoms with van der Waals surface area (Å²) in [5.74, 6) is 0.650. The number of aryl methyl sites for hydroxylation is 2. The van der Waals surface area contributed by atoms with Gasteiger partial charge in [0.25, 0.3) is 0 Å². The first kappa shape index (κ1) is 20.4. The predicted octanol–water partition coefficient (Wildman–Crippen LogP) is 4.49. The summed E-state index contributed by atoms with van der Waals surface area (Å²) in [6.07, 6.45) is 1.97. The van der Waals surface area contributed by atoms with Crippen molar-refractivity contribution in [3.63, 3.8) is 0 Å². The van der Waals surface area contributed by atoms with Crippen molar-refractivity contribution in [2.24, 2.45) is 5.10 Å². The topological polar surface area (TPSA) is 55.6 Å². The zero-order valence-electron chi connectivity index (χ0n) is 17.4. The highest BCUT2D eigenvalue weighted by molar-refractivity contribution is 5.84. The van der Waals surface area contributed by atoms with E-state index in [1.54, 1.807) is 6.21 Å². The molecule has 150 valence electrons. The molecule has 0 radical (unpaired) electrons. The number of aromatic nitrogens is 1. The first-order valence-electron chi connectivity index (χ1n) is 9.77. The summed E-state index contributed by atoms with van der Waals surface area (Å²) < 4.78 is 7.61. The van der Waals surface area contributed by atoms with Crippen LogP contribution in [0.5, 0.6) is 5.75 Å². The van der Waals surface area contributed by atoms with Crippen molar-refractivity contribution in [1.29, 1.82) is 0 Å². The van der Waals surface area contributed by atoms with E-state index in [0.29, 0.717) is 6.61 Å². The molecule has 0 aliphatic carbocycles. The zero-order valence-corrected chi connectivity index (χ0v) is 17.4. The van der Waals surface area contributed by atoms with Crippen LogP contribution in [0.4, 0.5) is 0 Å². The van der Waals surface area contributed by atoms with Crippen LogP contribution >= 0.6 is 0 Å². The average molecular weight is 389 g/mol. The van der Waals surface area contributed by atoms with Gasteiger partial charge in [-0.2, -0.15) is 5.10 Å². The minimum atomic E-state index is -0.155. The van der Waals surface area contributed by atoms with Gasteiger partial charge in [-0.1, -0.05) is 24.3 Å². The van der Waals surface area contributed by atoms with Crippen molar-refractivity contribution >= 4 is 12.1 Å².